The number of benzene rings is 2. The van der Waals surface area contributed by atoms with Crippen LogP contribution in [0.25, 0.3) is 22.0 Å². The Morgan fingerprint density at radius 1 is 1.00 bits per heavy atom. The van der Waals surface area contributed by atoms with Crippen LogP contribution in [0.1, 0.15) is 36.7 Å². The minimum atomic E-state index is 0.472. The van der Waals surface area contributed by atoms with Gasteiger partial charge in [0, 0.05) is 28.5 Å². The molecule has 0 aliphatic heterocycles. The lowest BCUT2D eigenvalue weighted by molar-refractivity contribution is 0.417. The van der Waals surface area contributed by atoms with Crippen molar-refractivity contribution >= 4 is 22.3 Å². The van der Waals surface area contributed by atoms with Gasteiger partial charge < -0.3 is 10.1 Å². The highest BCUT2D eigenvalue weighted by Gasteiger charge is 2.13. The fraction of sp³-hybridized carbons (Fsp3) is 0.250. The fourth-order valence-corrected chi connectivity index (χ4v) is 3.70. The topological polar surface area (TPSA) is 62.8 Å². The average Bonchev–Trinajstić information content (AvgIpc) is 3.06. The summed E-state index contributed by atoms with van der Waals surface area (Å²) in [7, 11) is 1.69. The van der Waals surface area contributed by atoms with Crippen LogP contribution in [-0.2, 0) is 0 Å². The van der Waals surface area contributed by atoms with E-state index in [9.17, 15) is 0 Å². The summed E-state index contributed by atoms with van der Waals surface area (Å²) in [4.78, 5) is 4.55. The monoisotopic (exact) mass is 386 g/mol. The number of H-pyrrole nitrogens is 1. The van der Waals surface area contributed by atoms with E-state index in [1.54, 1.807) is 7.11 Å². The molecule has 2 heterocycles. The fourth-order valence-electron chi connectivity index (χ4n) is 3.70. The number of aromatic amines is 1. The van der Waals surface area contributed by atoms with Crippen LogP contribution in [0.4, 0.5) is 11.4 Å². The van der Waals surface area contributed by atoms with Crippen molar-refractivity contribution in [3.63, 3.8) is 0 Å². The lowest BCUT2D eigenvalue weighted by atomic mass is 10.0. The molecular formula is C24H26N4O. The quantitative estimate of drug-likeness (QED) is 0.434. The van der Waals surface area contributed by atoms with Crippen LogP contribution < -0.4 is 10.1 Å². The molecular weight excluding hydrogens is 360 g/mol. The minimum absolute atomic E-state index is 0.472. The molecule has 0 saturated heterocycles. The molecule has 2 aromatic heterocycles. The highest BCUT2D eigenvalue weighted by atomic mass is 16.5. The molecule has 0 aliphatic rings. The van der Waals surface area contributed by atoms with Crippen molar-refractivity contribution in [2.24, 2.45) is 0 Å². The van der Waals surface area contributed by atoms with E-state index in [0.717, 1.165) is 50.5 Å². The van der Waals surface area contributed by atoms with E-state index in [2.05, 4.69) is 64.7 Å². The first-order valence-corrected chi connectivity index (χ1v) is 9.83. The Morgan fingerprint density at radius 2 is 1.83 bits per heavy atom. The third-order valence-electron chi connectivity index (χ3n) is 5.32. The zero-order valence-electron chi connectivity index (χ0n) is 17.5. The third-order valence-corrected chi connectivity index (χ3v) is 5.32. The van der Waals surface area contributed by atoms with E-state index in [1.165, 1.54) is 5.56 Å². The van der Waals surface area contributed by atoms with Crippen molar-refractivity contribution in [1.29, 1.82) is 0 Å². The van der Waals surface area contributed by atoms with E-state index in [-0.39, 0.29) is 0 Å². The molecule has 2 aromatic carbocycles. The second kappa shape index (κ2) is 7.59. The highest BCUT2D eigenvalue weighted by Crippen LogP contribution is 2.36. The number of pyridine rings is 1. The van der Waals surface area contributed by atoms with Gasteiger partial charge in [-0.15, -0.1) is 0 Å². The number of hydrogen-bond acceptors (Lipinski definition) is 4. The molecule has 29 heavy (non-hydrogen) atoms. The van der Waals surface area contributed by atoms with E-state index in [4.69, 9.17) is 4.74 Å². The molecule has 148 valence electrons. The second-order valence-electron chi connectivity index (χ2n) is 7.64. The Hall–Kier alpha value is -3.34. The Labute approximate surface area is 171 Å². The molecule has 4 aromatic rings. The summed E-state index contributed by atoms with van der Waals surface area (Å²) >= 11 is 0. The summed E-state index contributed by atoms with van der Waals surface area (Å²) < 4.78 is 5.69. The molecule has 0 unspecified atom stereocenters. The zero-order valence-corrected chi connectivity index (χ0v) is 17.5. The number of nitrogens with zero attached hydrogens (tertiary/aromatic N) is 2. The minimum Gasteiger partial charge on any atom is -0.495 e. The van der Waals surface area contributed by atoms with Crippen molar-refractivity contribution < 1.29 is 4.74 Å². The Bertz CT molecular complexity index is 1160. The maximum absolute atomic E-state index is 5.69. The summed E-state index contributed by atoms with van der Waals surface area (Å²) in [6, 6.07) is 14.7. The van der Waals surface area contributed by atoms with Gasteiger partial charge in [0.1, 0.15) is 5.75 Å². The first-order valence-electron chi connectivity index (χ1n) is 9.83. The van der Waals surface area contributed by atoms with E-state index in [1.807, 2.05) is 32.2 Å². The van der Waals surface area contributed by atoms with Crippen molar-refractivity contribution in [3.8, 4) is 16.9 Å². The normalized spacial score (nSPS) is 11.2. The molecule has 4 rings (SSSR count). The van der Waals surface area contributed by atoms with Crippen molar-refractivity contribution in [2.75, 3.05) is 12.4 Å². The average molecular weight is 386 g/mol. The number of rotatable bonds is 5. The van der Waals surface area contributed by atoms with Crippen LogP contribution in [0.5, 0.6) is 5.75 Å². The van der Waals surface area contributed by atoms with Crippen LogP contribution in [0.3, 0.4) is 0 Å². The molecule has 0 atom stereocenters. The molecule has 0 bridgehead atoms. The first kappa shape index (κ1) is 19.0. The van der Waals surface area contributed by atoms with Crippen molar-refractivity contribution in [2.45, 2.75) is 33.6 Å². The second-order valence-corrected chi connectivity index (χ2v) is 7.64. The summed E-state index contributed by atoms with van der Waals surface area (Å²) in [5.74, 6) is 1.26. The number of fused-ring (bicyclic) bond motifs is 1. The van der Waals surface area contributed by atoms with Crippen LogP contribution >= 0.6 is 0 Å². The van der Waals surface area contributed by atoms with Gasteiger partial charge in [0.05, 0.1) is 24.0 Å². The number of aryl methyl sites for hydroxylation is 2. The van der Waals surface area contributed by atoms with Gasteiger partial charge in [-0.1, -0.05) is 32.0 Å². The molecule has 2 N–H and O–H groups in total. The molecule has 0 spiro atoms. The Balaban J connectivity index is 1.73. The van der Waals surface area contributed by atoms with E-state index in [0.29, 0.717) is 5.92 Å². The van der Waals surface area contributed by atoms with Gasteiger partial charge in [-0.3, -0.25) is 10.1 Å². The largest absolute Gasteiger partial charge is 0.495 e. The summed E-state index contributed by atoms with van der Waals surface area (Å²) in [5.41, 5.74) is 8.42. The summed E-state index contributed by atoms with van der Waals surface area (Å²) in [6.07, 6.45) is 1.84. The van der Waals surface area contributed by atoms with E-state index >= 15 is 0 Å². The SMILES string of the molecule is COc1cc(-c2c(C)n[nH]c2C)ccc1Nc1ccnc2cc(C(C)C)ccc12. The number of aromatic nitrogens is 3. The maximum atomic E-state index is 5.69. The smallest absolute Gasteiger partial charge is 0.142 e. The zero-order chi connectivity index (χ0) is 20.5. The van der Waals surface area contributed by atoms with Gasteiger partial charge in [-0.05, 0) is 55.2 Å². The number of methoxy groups -OCH3 is 1. The molecule has 5 nitrogen and oxygen atoms in total. The molecule has 0 saturated carbocycles. The van der Waals surface area contributed by atoms with Crippen LogP contribution in [0.15, 0.2) is 48.7 Å². The van der Waals surface area contributed by atoms with Crippen LogP contribution in [0, 0.1) is 13.8 Å². The lowest BCUT2D eigenvalue weighted by Gasteiger charge is -2.15. The molecule has 0 fully saturated rings. The molecule has 0 radical (unpaired) electrons. The van der Waals surface area contributed by atoms with Crippen molar-refractivity contribution in [1.82, 2.24) is 15.2 Å². The van der Waals surface area contributed by atoms with Crippen molar-refractivity contribution in [3.05, 3.63) is 65.6 Å². The number of ether oxygens (including phenoxy) is 1. The van der Waals surface area contributed by atoms with Gasteiger partial charge in [-0.2, -0.15) is 5.10 Å². The Morgan fingerprint density at radius 3 is 2.52 bits per heavy atom. The number of anilines is 2. The standard InChI is InChI=1S/C24H26N4O/c1-14(2)17-6-8-19-20(10-11-25-22(19)12-17)26-21-9-7-18(13-23(21)29-5)24-15(3)27-28-16(24)4/h6-14H,1-5H3,(H,25,26)(H,27,28). The van der Waals surface area contributed by atoms with Gasteiger partial charge in [0.15, 0.2) is 0 Å². The number of nitrogens with one attached hydrogen (secondary N) is 2. The highest BCUT2D eigenvalue weighted by molar-refractivity contribution is 5.94. The lowest BCUT2D eigenvalue weighted by Crippen LogP contribution is -1.97. The van der Waals surface area contributed by atoms with Gasteiger partial charge in [-0.25, -0.2) is 0 Å². The van der Waals surface area contributed by atoms with Gasteiger partial charge >= 0.3 is 0 Å². The molecule has 0 aliphatic carbocycles. The maximum Gasteiger partial charge on any atom is 0.142 e. The summed E-state index contributed by atoms with van der Waals surface area (Å²) in [6.45, 7) is 8.42. The number of hydrogen-bond donors (Lipinski definition) is 2. The van der Waals surface area contributed by atoms with Crippen LogP contribution in [0.2, 0.25) is 0 Å². The van der Waals surface area contributed by atoms with E-state index < -0.39 is 0 Å². The Kier molecular flexibility index (Phi) is 4.97. The van der Waals surface area contributed by atoms with Gasteiger partial charge in [0.2, 0.25) is 0 Å². The molecule has 5 heteroatoms. The predicted octanol–water partition coefficient (Wildman–Crippen LogP) is 6.12. The third kappa shape index (κ3) is 3.56. The predicted molar refractivity (Wildman–Crippen MR) is 119 cm³/mol. The molecule has 0 amide bonds. The van der Waals surface area contributed by atoms with Crippen LogP contribution in [-0.4, -0.2) is 22.3 Å². The first-order chi connectivity index (χ1) is 14.0. The van der Waals surface area contributed by atoms with Gasteiger partial charge in [0.25, 0.3) is 0 Å². The summed E-state index contributed by atoms with van der Waals surface area (Å²) in [5, 5.41) is 12.0.